The van der Waals surface area contributed by atoms with Gasteiger partial charge in [0.05, 0.1) is 18.2 Å². The van der Waals surface area contributed by atoms with Crippen molar-refractivity contribution in [2.24, 2.45) is 0 Å². The molecule has 0 bridgehead atoms. The summed E-state index contributed by atoms with van der Waals surface area (Å²) in [5.41, 5.74) is 1.59. The molecule has 0 spiro atoms. The largest absolute Gasteiger partial charge is 0.491 e. The van der Waals surface area contributed by atoms with Crippen molar-refractivity contribution in [1.82, 2.24) is 10.2 Å². The van der Waals surface area contributed by atoms with Gasteiger partial charge in [0.15, 0.2) is 0 Å². The molecule has 0 saturated carbocycles. The Morgan fingerprint density at radius 3 is 2.18 bits per heavy atom. The zero-order valence-electron chi connectivity index (χ0n) is 15.7. The fraction of sp³-hybridized carbons (Fsp3) is 0.286. The number of carbonyl (C=O) groups excluding carboxylic acids is 2. The van der Waals surface area contributed by atoms with E-state index in [1.165, 1.54) is 0 Å². The van der Waals surface area contributed by atoms with Gasteiger partial charge in [0, 0.05) is 0 Å². The van der Waals surface area contributed by atoms with Crippen molar-refractivity contribution < 1.29 is 19.4 Å². The van der Waals surface area contributed by atoms with Gasteiger partial charge in [-0.05, 0) is 49.2 Å². The third kappa shape index (κ3) is 4.13. The number of hydrogen-bond acceptors (Lipinski definition) is 5. The van der Waals surface area contributed by atoms with Crippen molar-refractivity contribution in [3.8, 4) is 22.9 Å². The molecule has 2 aromatic carbocycles. The molecular formula is C21H21N3O4. The minimum Gasteiger partial charge on any atom is -0.491 e. The van der Waals surface area contributed by atoms with Gasteiger partial charge in [-0.1, -0.05) is 24.3 Å². The predicted molar refractivity (Wildman–Crippen MR) is 102 cm³/mol. The smallest absolute Gasteiger partial charge is 0.325 e. The summed E-state index contributed by atoms with van der Waals surface area (Å²) in [4.78, 5) is 25.0. The molecule has 3 amide bonds. The van der Waals surface area contributed by atoms with Gasteiger partial charge in [-0.25, -0.2) is 4.79 Å². The second-order valence-corrected chi connectivity index (χ2v) is 7.15. The number of aliphatic hydroxyl groups is 1. The highest BCUT2D eigenvalue weighted by atomic mass is 16.5. The second-order valence-electron chi connectivity index (χ2n) is 7.15. The van der Waals surface area contributed by atoms with Crippen molar-refractivity contribution in [3.05, 3.63) is 54.1 Å². The summed E-state index contributed by atoms with van der Waals surface area (Å²) in [6.45, 7) is 3.06. The average molecular weight is 379 g/mol. The van der Waals surface area contributed by atoms with Crippen LogP contribution < -0.4 is 10.1 Å². The first kappa shape index (κ1) is 19.4. The molecule has 1 aliphatic rings. The Balaban J connectivity index is 1.55. The van der Waals surface area contributed by atoms with E-state index in [4.69, 9.17) is 10.00 Å². The summed E-state index contributed by atoms with van der Waals surface area (Å²) in [5.74, 6) is 0.192. The normalized spacial score (nSPS) is 16.4. The van der Waals surface area contributed by atoms with Crippen molar-refractivity contribution in [1.29, 1.82) is 5.26 Å². The number of ether oxygens (including phenoxy) is 1. The van der Waals surface area contributed by atoms with Gasteiger partial charge in [0.25, 0.3) is 5.91 Å². The lowest BCUT2D eigenvalue weighted by atomic mass is 10.0. The second kappa shape index (κ2) is 7.71. The van der Waals surface area contributed by atoms with Crippen molar-refractivity contribution in [3.63, 3.8) is 0 Å². The molecule has 1 atom stereocenters. The van der Waals surface area contributed by atoms with Gasteiger partial charge < -0.3 is 15.2 Å². The van der Waals surface area contributed by atoms with E-state index < -0.39 is 17.7 Å². The monoisotopic (exact) mass is 379 g/mol. The van der Waals surface area contributed by atoms with E-state index in [9.17, 15) is 14.7 Å². The van der Waals surface area contributed by atoms with Crippen LogP contribution in [0.1, 0.15) is 19.4 Å². The fourth-order valence-corrected chi connectivity index (χ4v) is 2.92. The molecule has 28 heavy (non-hydrogen) atoms. The number of nitriles is 1. The highest BCUT2D eigenvalue weighted by molar-refractivity contribution is 6.06. The van der Waals surface area contributed by atoms with Crippen LogP contribution in [0.15, 0.2) is 48.5 Å². The minimum absolute atomic E-state index is 0.0479. The number of nitrogens with zero attached hydrogens (tertiary/aromatic N) is 2. The summed E-state index contributed by atoms with van der Waals surface area (Å²) in [5, 5.41) is 21.6. The van der Waals surface area contributed by atoms with Crippen LogP contribution in [0.2, 0.25) is 0 Å². The summed E-state index contributed by atoms with van der Waals surface area (Å²) >= 11 is 0. The molecule has 1 fully saturated rings. The van der Waals surface area contributed by atoms with E-state index in [1.54, 1.807) is 38.1 Å². The SMILES string of the molecule is CC1(C)NC(=O)N(C[C@@H](O)COc2ccc(-c3ccc(C#N)cc3)cc2)C1=O. The van der Waals surface area contributed by atoms with Crippen LogP contribution in [0.4, 0.5) is 4.79 Å². The Labute approximate surface area is 163 Å². The van der Waals surface area contributed by atoms with Gasteiger partial charge in [-0.2, -0.15) is 5.26 Å². The summed E-state index contributed by atoms with van der Waals surface area (Å²) < 4.78 is 5.57. The lowest BCUT2D eigenvalue weighted by Gasteiger charge is -2.19. The molecule has 2 aromatic rings. The molecule has 0 aliphatic carbocycles. The number of carbonyl (C=O) groups is 2. The lowest BCUT2D eigenvalue weighted by Crippen LogP contribution is -2.42. The highest BCUT2D eigenvalue weighted by Crippen LogP contribution is 2.23. The van der Waals surface area contributed by atoms with Crippen molar-refractivity contribution >= 4 is 11.9 Å². The molecule has 7 heteroatoms. The number of amides is 3. The standard InChI is InChI=1S/C21H21N3O4/c1-21(2)19(26)24(20(27)23-21)12-17(25)13-28-18-9-7-16(8-10-18)15-5-3-14(11-22)4-6-15/h3-10,17,25H,12-13H2,1-2H3,(H,23,27)/t17-/m1/s1. The number of β-amino-alcohol motifs (C(OH)–C–C–N with tert-alkyl or cyclic N) is 1. The molecule has 1 saturated heterocycles. The molecule has 0 unspecified atom stereocenters. The molecule has 2 N–H and O–H groups in total. The first-order chi connectivity index (χ1) is 13.3. The topological polar surface area (TPSA) is 103 Å². The third-order valence-electron chi connectivity index (χ3n) is 4.48. The van der Waals surface area contributed by atoms with Crippen molar-refractivity contribution in [2.45, 2.75) is 25.5 Å². The van der Waals surface area contributed by atoms with E-state index in [0.29, 0.717) is 11.3 Å². The minimum atomic E-state index is -0.998. The van der Waals surface area contributed by atoms with Gasteiger partial charge in [-0.15, -0.1) is 0 Å². The summed E-state index contributed by atoms with van der Waals surface area (Å²) in [6.07, 6.45) is -0.998. The third-order valence-corrected chi connectivity index (χ3v) is 4.48. The quantitative estimate of drug-likeness (QED) is 0.750. The summed E-state index contributed by atoms with van der Waals surface area (Å²) in [7, 11) is 0. The Hall–Kier alpha value is -3.37. The van der Waals surface area contributed by atoms with E-state index in [2.05, 4.69) is 11.4 Å². The number of hydrogen-bond donors (Lipinski definition) is 2. The van der Waals surface area contributed by atoms with Crippen LogP contribution in [-0.2, 0) is 4.79 Å². The fourth-order valence-electron chi connectivity index (χ4n) is 2.92. The van der Waals surface area contributed by atoms with Gasteiger partial charge >= 0.3 is 6.03 Å². The Kier molecular flexibility index (Phi) is 5.34. The van der Waals surface area contributed by atoms with Gasteiger partial charge in [0.1, 0.15) is 24.0 Å². The Morgan fingerprint density at radius 2 is 1.68 bits per heavy atom. The van der Waals surface area contributed by atoms with E-state index in [1.807, 2.05) is 24.3 Å². The Bertz CT molecular complexity index is 914. The van der Waals surface area contributed by atoms with E-state index in [0.717, 1.165) is 16.0 Å². The molecular weight excluding hydrogens is 358 g/mol. The number of aliphatic hydroxyl groups excluding tert-OH is 1. The maximum absolute atomic E-state index is 12.1. The van der Waals surface area contributed by atoms with Crippen LogP contribution in [-0.4, -0.2) is 46.7 Å². The number of imide groups is 1. The molecule has 1 aliphatic heterocycles. The van der Waals surface area contributed by atoms with Crippen LogP contribution in [0.5, 0.6) is 5.75 Å². The first-order valence-corrected chi connectivity index (χ1v) is 8.86. The molecule has 0 aromatic heterocycles. The molecule has 3 rings (SSSR count). The summed E-state index contributed by atoms with van der Waals surface area (Å²) in [6, 6.07) is 16.1. The zero-order valence-corrected chi connectivity index (χ0v) is 15.7. The number of nitrogens with one attached hydrogen (secondary N) is 1. The Morgan fingerprint density at radius 1 is 1.11 bits per heavy atom. The van der Waals surface area contributed by atoms with E-state index in [-0.39, 0.29) is 19.1 Å². The molecule has 144 valence electrons. The average Bonchev–Trinajstić information content (AvgIpc) is 2.88. The maximum Gasteiger partial charge on any atom is 0.325 e. The van der Waals surface area contributed by atoms with Crippen LogP contribution in [0.3, 0.4) is 0 Å². The lowest BCUT2D eigenvalue weighted by molar-refractivity contribution is -0.131. The number of rotatable bonds is 6. The molecule has 1 heterocycles. The number of benzene rings is 2. The molecule has 7 nitrogen and oxygen atoms in total. The van der Waals surface area contributed by atoms with Gasteiger partial charge in [-0.3, -0.25) is 9.69 Å². The first-order valence-electron chi connectivity index (χ1n) is 8.86. The zero-order chi connectivity index (χ0) is 20.3. The van der Waals surface area contributed by atoms with Crippen LogP contribution in [0.25, 0.3) is 11.1 Å². The van der Waals surface area contributed by atoms with Crippen molar-refractivity contribution in [2.75, 3.05) is 13.2 Å². The molecule has 0 radical (unpaired) electrons. The van der Waals surface area contributed by atoms with Gasteiger partial charge in [0.2, 0.25) is 0 Å². The van der Waals surface area contributed by atoms with Crippen LogP contribution >= 0.6 is 0 Å². The van der Waals surface area contributed by atoms with E-state index >= 15 is 0 Å². The number of urea groups is 1. The maximum atomic E-state index is 12.1. The van der Waals surface area contributed by atoms with Crippen LogP contribution in [0, 0.1) is 11.3 Å². The highest BCUT2D eigenvalue weighted by Gasteiger charge is 2.44. The predicted octanol–water partition coefficient (Wildman–Crippen LogP) is 2.30.